The maximum absolute atomic E-state index is 13.5. The zero-order chi connectivity index (χ0) is 13.1. The van der Waals surface area contributed by atoms with E-state index in [4.69, 9.17) is 11.6 Å². The molecule has 0 aliphatic carbocycles. The second-order valence-electron chi connectivity index (χ2n) is 3.88. The number of halogens is 2. The molecule has 0 radical (unpaired) electrons. The van der Waals surface area contributed by atoms with Gasteiger partial charge in [0.15, 0.2) is 5.78 Å². The Labute approximate surface area is 109 Å². The molecule has 0 saturated carbocycles. The second-order valence-corrected chi connectivity index (χ2v) is 4.32. The van der Waals surface area contributed by atoms with Crippen molar-refractivity contribution in [2.75, 3.05) is 0 Å². The number of aryl methyl sites for hydroxylation is 1. The van der Waals surface area contributed by atoms with Crippen molar-refractivity contribution < 1.29 is 9.18 Å². The van der Waals surface area contributed by atoms with Crippen LogP contribution in [0.1, 0.15) is 21.7 Å². The lowest BCUT2D eigenvalue weighted by Gasteiger charge is -2.03. The van der Waals surface area contributed by atoms with Crippen LogP contribution < -0.4 is 0 Å². The van der Waals surface area contributed by atoms with Gasteiger partial charge in [0.25, 0.3) is 0 Å². The molecular formula is C13H10ClFN2O. The molecule has 1 aromatic carbocycles. The standard InChI is InChI=1S/C13H10ClFN2O/c1-8-6-17-12(7-16-8)13(18)5-9-4-10(14)2-3-11(9)15/h2-4,6-7H,5H2,1H3. The largest absolute Gasteiger partial charge is 0.292 e. The van der Waals surface area contributed by atoms with Gasteiger partial charge in [-0.2, -0.15) is 0 Å². The molecule has 0 aliphatic heterocycles. The van der Waals surface area contributed by atoms with E-state index in [2.05, 4.69) is 9.97 Å². The van der Waals surface area contributed by atoms with E-state index >= 15 is 0 Å². The number of benzene rings is 1. The summed E-state index contributed by atoms with van der Waals surface area (Å²) < 4.78 is 13.5. The number of hydrogen-bond donors (Lipinski definition) is 0. The van der Waals surface area contributed by atoms with Crippen LogP contribution in [0.15, 0.2) is 30.6 Å². The highest BCUT2D eigenvalue weighted by atomic mass is 35.5. The van der Waals surface area contributed by atoms with E-state index in [-0.39, 0.29) is 23.5 Å². The molecule has 18 heavy (non-hydrogen) atoms. The summed E-state index contributed by atoms with van der Waals surface area (Å²) in [5, 5.41) is 0.397. The molecule has 0 N–H and O–H groups in total. The first-order valence-corrected chi connectivity index (χ1v) is 5.70. The van der Waals surface area contributed by atoms with Crippen molar-refractivity contribution in [1.29, 1.82) is 0 Å². The number of nitrogens with zero attached hydrogens (tertiary/aromatic N) is 2. The molecule has 0 amide bonds. The van der Waals surface area contributed by atoms with Crippen molar-refractivity contribution in [3.05, 3.63) is 58.4 Å². The Balaban J connectivity index is 2.21. The predicted octanol–water partition coefficient (Wildman–Crippen LogP) is 3.00. The summed E-state index contributed by atoms with van der Waals surface area (Å²) in [4.78, 5) is 19.8. The van der Waals surface area contributed by atoms with Gasteiger partial charge in [0.05, 0.1) is 11.9 Å². The fourth-order valence-corrected chi connectivity index (χ4v) is 1.67. The van der Waals surface area contributed by atoms with Gasteiger partial charge in [-0.15, -0.1) is 0 Å². The summed E-state index contributed by atoms with van der Waals surface area (Å²) in [6.45, 7) is 1.78. The fraction of sp³-hybridized carbons (Fsp3) is 0.154. The number of ketones is 1. The van der Waals surface area contributed by atoms with E-state index in [0.29, 0.717) is 5.02 Å². The minimum absolute atomic E-state index is 0.0792. The van der Waals surface area contributed by atoms with Gasteiger partial charge in [-0.25, -0.2) is 9.37 Å². The SMILES string of the molecule is Cc1cnc(C(=O)Cc2cc(Cl)ccc2F)cn1. The van der Waals surface area contributed by atoms with Gasteiger partial charge in [-0.3, -0.25) is 9.78 Å². The highest BCUT2D eigenvalue weighted by Gasteiger charge is 2.12. The number of Topliss-reactive ketones (excluding diaryl/α,β-unsaturated/α-hetero) is 1. The molecule has 0 aliphatic rings. The van der Waals surface area contributed by atoms with Gasteiger partial charge in [-0.05, 0) is 30.7 Å². The Hall–Kier alpha value is -1.81. The average molecular weight is 265 g/mol. The molecule has 1 heterocycles. The monoisotopic (exact) mass is 264 g/mol. The molecule has 0 saturated heterocycles. The molecule has 2 rings (SSSR count). The lowest BCUT2D eigenvalue weighted by Crippen LogP contribution is -2.08. The smallest absolute Gasteiger partial charge is 0.187 e. The summed E-state index contributed by atoms with van der Waals surface area (Å²) in [6, 6.07) is 4.12. The van der Waals surface area contributed by atoms with Gasteiger partial charge in [0.1, 0.15) is 11.5 Å². The normalized spacial score (nSPS) is 10.4. The van der Waals surface area contributed by atoms with E-state index in [0.717, 1.165) is 5.69 Å². The molecule has 0 fully saturated rings. The first-order chi connectivity index (χ1) is 8.56. The van der Waals surface area contributed by atoms with Crippen molar-refractivity contribution >= 4 is 17.4 Å². The predicted molar refractivity (Wildman–Crippen MR) is 66.2 cm³/mol. The summed E-state index contributed by atoms with van der Waals surface area (Å²) in [6.07, 6.45) is 2.81. The lowest BCUT2D eigenvalue weighted by atomic mass is 10.1. The Morgan fingerprint density at radius 3 is 2.78 bits per heavy atom. The molecular weight excluding hydrogens is 255 g/mol. The number of aromatic nitrogens is 2. The van der Waals surface area contributed by atoms with Crippen molar-refractivity contribution in [3.63, 3.8) is 0 Å². The van der Waals surface area contributed by atoms with E-state index in [9.17, 15) is 9.18 Å². The highest BCUT2D eigenvalue weighted by molar-refractivity contribution is 6.30. The number of hydrogen-bond acceptors (Lipinski definition) is 3. The van der Waals surface area contributed by atoms with Crippen molar-refractivity contribution in [2.24, 2.45) is 0 Å². The molecule has 0 spiro atoms. The van der Waals surface area contributed by atoms with E-state index < -0.39 is 5.82 Å². The first-order valence-electron chi connectivity index (χ1n) is 5.32. The molecule has 0 bridgehead atoms. The number of carbonyl (C=O) groups excluding carboxylic acids is 1. The van der Waals surface area contributed by atoms with Crippen LogP contribution >= 0.6 is 11.6 Å². The van der Waals surface area contributed by atoms with E-state index in [1.807, 2.05) is 0 Å². The van der Waals surface area contributed by atoms with Gasteiger partial charge in [0, 0.05) is 17.6 Å². The third-order valence-electron chi connectivity index (χ3n) is 2.43. The van der Waals surface area contributed by atoms with E-state index in [1.165, 1.54) is 30.6 Å². The van der Waals surface area contributed by atoms with Crippen molar-refractivity contribution in [2.45, 2.75) is 13.3 Å². The quantitative estimate of drug-likeness (QED) is 0.801. The van der Waals surface area contributed by atoms with Crippen LogP contribution in [0.5, 0.6) is 0 Å². The summed E-state index contributed by atoms with van der Waals surface area (Å²) in [5.41, 5.74) is 1.20. The maximum Gasteiger partial charge on any atom is 0.187 e. The van der Waals surface area contributed by atoms with Gasteiger partial charge < -0.3 is 0 Å². The van der Waals surface area contributed by atoms with Crippen LogP contribution in [0, 0.1) is 12.7 Å². The number of carbonyl (C=O) groups is 1. The lowest BCUT2D eigenvalue weighted by molar-refractivity contribution is 0.0986. The summed E-state index contributed by atoms with van der Waals surface area (Å²) in [7, 11) is 0. The van der Waals surface area contributed by atoms with Crippen LogP contribution in [-0.2, 0) is 6.42 Å². The third-order valence-corrected chi connectivity index (χ3v) is 2.66. The minimum atomic E-state index is -0.451. The molecule has 92 valence electrons. The van der Waals surface area contributed by atoms with Crippen molar-refractivity contribution in [3.8, 4) is 0 Å². The molecule has 2 aromatic rings. The summed E-state index contributed by atoms with van der Waals surface area (Å²) >= 11 is 5.76. The summed E-state index contributed by atoms with van der Waals surface area (Å²) in [5.74, 6) is -0.739. The van der Waals surface area contributed by atoms with Crippen LogP contribution in [0.3, 0.4) is 0 Å². The molecule has 5 heteroatoms. The molecule has 1 aromatic heterocycles. The van der Waals surface area contributed by atoms with Crippen LogP contribution in [0.2, 0.25) is 5.02 Å². The Bertz CT molecular complexity index is 584. The first kappa shape index (κ1) is 12.6. The highest BCUT2D eigenvalue weighted by Crippen LogP contribution is 2.16. The second kappa shape index (κ2) is 5.23. The van der Waals surface area contributed by atoms with Crippen LogP contribution in [0.4, 0.5) is 4.39 Å². The van der Waals surface area contributed by atoms with Crippen molar-refractivity contribution in [1.82, 2.24) is 9.97 Å². The molecule has 0 atom stereocenters. The molecule has 3 nitrogen and oxygen atoms in total. The average Bonchev–Trinajstić information content (AvgIpc) is 2.34. The topological polar surface area (TPSA) is 42.9 Å². The van der Waals surface area contributed by atoms with Crippen LogP contribution in [-0.4, -0.2) is 15.8 Å². The van der Waals surface area contributed by atoms with Gasteiger partial charge >= 0.3 is 0 Å². The Morgan fingerprint density at radius 1 is 1.33 bits per heavy atom. The minimum Gasteiger partial charge on any atom is -0.292 e. The number of rotatable bonds is 3. The van der Waals surface area contributed by atoms with Crippen LogP contribution in [0.25, 0.3) is 0 Å². The molecule has 0 unspecified atom stereocenters. The zero-order valence-corrected chi connectivity index (χ0v) is 10.4. The Morgan fingerprint density at radius 2 is 2.11 bits per heavy atom. The maximum atomic E-state index is 13.5. The third kappa shape index (κ3) is 2.90. The zero-order valence-electron chi connectivity index (χ0n) is 9.65. The van der Waals surface area contributed by atoms with E-state index in [1.54, 1.807) is 6.92 Å². The Kier molecular flexibility index (Phi) is 3.67. The van der Waals surface area contributed by atoms with Gasteiger partial charge in [0.2, 0.25) is 0 Å². The van der Waals surface area contributed by atoms with Gasteiger partial charge in [-0.1, -0.05) is 11.6 Å². The fourth-order valence-electron chi connectivity index (χ4n) is 1.48.